The number of hydrogen-bond donors (Lipinski definition) is 2. The number of carbonyl (C=O) groups is 1. The number of thiophene rings is 1. The average Bonchev–Trinajstić information content (AvgIpc) is 2.93. The van der Waals surface area contributed by atoms with Gasteiger partial charge in [0.2, 0.25) is 0 Å². The molecule has 0 saturated carbocycles. The largest absolute Gasteiger partial charge is 0.353 e. The molecule has 1 aliphatic carbocycles. The van der Waals surface area contributed by atoms with E-state index in [9.17, 15) is 4.79 Å². The first-order chi connectivity index (χ1) is 10.8. The minimum atomic E-state index is -0.122. The van der Waals surface area contributed by atoms with Crippen LogP contribution in [0.4, 0.5) is 5.00 Å². The Balaban J connectivity index is 1.68. The van der Waals surface area contributed by atoms with E-state index in [1.54, 1.807) is 11.3 Å². The smallest absolute Gasteiger partial charge is 0.256 e. The lowest BCUT2D eigenvalue weighted by Gasteiger charge is -2.27. The quantitative estimate of drug-likeness (QED) is 0.876. The minimum absolute atomic E-state index is 0.0788. The van der Waals surface area contributed by atoms with Gasteiger partial charge in [-0.25, -0.2) is 0 Å². The second kappa shape index (κ2) is 5.43. The van der Waals surface area contributed by atoms with Crippen molar-refractivity contribution >= 4 is 22.2 Å². The molecule has 2 N–H and O–H groups in total. The molecular weight excluding hydrogens is 292 g/mol. The molecule has 0 fully saturated rings. The van der Waals surface area contributed by atoms with Crippen LogP contribution in [0.2, 0.25) is 0 Å². The van der Waals surface area contributed by atoms with Gasteiger partial charge in [-0.1, -0.05) is 43.7 Å². The highest BCUT2D eigenvalue weighted by Gasteiger charge is 2.33. The van der Waals surface area contributed by atoms with Gasteiger partial charge in [-0.3, -0.25) is 4.79 Å². The summed E-state index contributed by atoms with van der Waals surface area (Å²) < 4.78 is 0. The van der Waals surface area contributed by atoms with E-state index in [2.05, 4.69) is 17.6 Å². The van der Waals surface area contributed by atoms with Crippen LogP contribution in [0.1, 0.15) is 52.3 Å². The molecule has 2 aromatic rings. The van der Waals surface area contributed by atoms with Crippen LogP contribution in [0.15, 0.2) is 30.3 Å². The lowest BCUT2D eigenvalue weighted by atomic mass is 9.85. The van der Waals surface area contributed by atoms with E-state index in [0.717, 1.165) is 34.9 Å². The number of benzene rings is 1. The van der Waals surface area contributed by atoms with E-state index >= 15 is 0 Å². The summed E-state index contributed by atoms with van der Waals surface area (Å²) in [5.74, 6) is 0.857. The normalized spacial score (nSPS) is 23.2. The summed E-state index contributed by atoms with van der Waals surface area (Å²) in [5.41, 5.74) is 3.29. The fourth-order valence-corrected chi connectivity index (χ4v) is 4.91. The molecule has 0 spiro atoms. The van der Waals surface area contributed by atoms with Gasteiger partial charge in [-0.15, -0.1) is 11.3 Å². The van der Waals surface area contributed by atoms with Gasteiger partial charge in [0.05, 0.1) is 5.56 Å². The van der Waals surface area contributed by atoms with Crippen molar-refractivity contribution in [3.05, 3.63) is 51.9 Å². The molecule has 22 heavy (non-hydrogen) atoms. The van der Waals surface area contributed by atoms with Crippen molar-refractivity contribution in [2.24, 2.45) is 5.92 Å². The van der Waals surface area contributed by atoms with Crippen LogP contribution in [0.3, 0.4) is 0 Å². The Morgan fingerprint density at radius 2 is 2.05 bits per heavy atom. The summed E-state index contributed by atoms with van der Waals surface area (Å²) in [4.78, 5) is 14.0. The van der Waals surface area contributed by atoms with Gasteiger partial charge >= 0.3 is 0 Å². The zero-order chi connectivity index (χ0) is 15.1. The summed E-state index contributed by atoms with van der Waals surface area (Å²) in [7, 11) is 0. The third-order valence-electron chi connectivity index (χ3n) is 4.86. The second-order valence-corrected chi connectivity index (χ2v) is 7.29. The highest BCUT2D eigenvalue weighted by molar-refractivity contribution is 7.16. The Hall–Kier alpha value is -1.81. The molecule has 2 heterocycles. The van der Waals surface area contributed by atoms with Gasteiger partial charge in [-0.2, -0.15) is 0 Å². The number of carbonyl (C=O) groups excluding carboxylic acids is 1. The van der Waals surface area contributed by atoms with E-state index in [1.165, 1.54) is 23.3 Å². The summed E-state index contributed by atoms with van der Waals surface area (Å²) in [5, 5.41) is 7.68. The summed E-state index contributed by atoms with van der Waals surface area (Å²) in [6.07, 6.45) is 4.50. The molecule has 2 aliphatic rings. The third-order valence-corrected chi connectivity index (χ3v) is 6.04. The van der Waals surface area contributed by atoms with Crippen LogP contribution in [0.5, 0.6) is 0 Å². The lowest BCUT2D eigenvalue weighted by molar-refractivity contribution is 0.0935. The first kappa shape index (κ1) is 13.8. The molecule has 2 atom stereocenters. The SMILES string of the molecule is CC[C@H]1CCc2c(sc3c2C(=O)N[C@H](c2ccccc2)N3)C1. The summed E-state index contributed by atoms with van der Waals surface area (Å²) in [6.45, 7) is 2.26. The molecule has 1 amide bonds. The number of anilines is 1. The van der Waals surface area contributed by atoms with E-state index in [4.69, 9.17) is 0 Å². The van der Waals surface area contributed by atoms with E-state index in [1.807, 2.05) is 30.3 Å². The topological polar surface area (TPSA) is 41.1 Å². The van der Waals surface area contributed by atoms with E-state index in [0.29, 0.717) is 0 Å². The van der Waals surface area contributed by atoms with Crippen LogP contribution >= 0.6 is 11.3 Å². The lowest BCUT2D eigenvalue weighted by Crippen LogP contribution is -2.38. The number of rotatable bonds is 2. The van der Waals surface area contributed by atoms with E-state index in [-0.39, 0.29) is 12.1 Å². The van der Waals surface area contributed by atoms with Gasteiger partial charge in [-0.05, 0) is 36.3 Å². The number of hydrogen-bond acceptors (Lipinski definition) is 3. The Morgan fingerprint density at radius 3 is 2.82 bits per heavy atom. The molecule has 4 heteroatoms. The zero-order valence-electron chi connectivity index (χ0n) is 12.7. The number of nitrogens with one attached hydrogen (secondary N) is 2. The van der Waals surface area contributed by atoms with Crippen molar-refractivity contribution in [1.82, 2.24) is 5.32 Å². The van der Waals surface area contributed by atoms with Crippen molar-refractivity contribution in [2.75, 3.05) is 5.32 Å². The zero-order valence-corrected chi connectivity index (χ0v) is 13.5. The number of amides is 1. The van der Waals surface area contributed by atoms with Crippen molar-refractivity contribution in [3.8, 4) is 0 Å². The molecule has 0 radical (unpaired) electrons. The van der Waals surface area contributed by atoms with Crippen molar-refractivity contribution in [1.29, 1.82) is 0 Å². The molecule has 4 rings (SSSR count). The molecule has 114 valence electrons. The predicted molar refractivity (Wildman–Crippen MR) is 90.4 cm³/mol. The molecular formula is C18H20N2OS. The monoisotopic (exact) mass is 312 g/mol. The van der Waals surface area contributed by atoms with Gasteiger partial charge < -0.3 is 10.6 Å². The maximum atomic E-state index is 12.6. The minimum Gasteiger partial charge on any atom is -0.353 e. The van der Waals surface area contributed by atoms with Crippen LogP contribution in [-0.4, -0.2) is 5.91 Å². The first-order valence-corrected chi connectivity index (χ1v) is 8.84. The van der Waals surface area contributed by atoms with E-state index < -0.39 is 0 Å². The van der Waals surface area contributed by atoms with Crippen LogP contribution < -0.4 is 10.6 Å². The highest BCUT2D eigenvalue weighted by Crippen LogP contribution is 2.43. The third kappa shape index (κ3) is 2.22. The first-order valence-electron chi connectivity index (χ1n) is 8.03. The van der Waals surface area contributed by atoms with Gasteiger partial charge in [0, 0.05) is 4.88 Å². The maximum absolute atomic E-state index is 12.6. The highest BCUT2D eigenvalue weighted by atomic mass is 32.1. The molecule has 1 aliphatic heterocycles. The van der Waals surface area contributed by atoms with Gasteiger partial charge in [0.25, 0.3) is 5.91 Å². The molecule has 0 bridgehead atoms. The van der Waals surface area contributed by atoms with Gasteiger partial charge in [0.15, 0.2) is 0 Å². The van der Waals surface area contributed by atoms with Crippen LogP contribution in [0.25, 0.3) is 0 Å². The van der Waals surface area contributed by atoms with Crippen molar-refractivity contribution in [3.63, 3.8) is 0 Å². The molecule has 3 nitrogen and oxygen atoms in total. The Morgan fingerprint density at radius 1 is 1.23 bits per heavy atom. The van der Waals surface area contributed by atoms with Crippen LogP contribution in [0, 0.1) is 5.92 Å². The molecule has 0 unspecified atom stereocenters. The standard InChI is InChI=1S/C18H20N2OS/c1-2-11-8-9-13-14(10-11)22-18-15(13)17(21)19-16(20-18)12-6-4-3-5-7-12/h3-7,11,16,20H,2,8-10H2,1H3,(H,19,21)/t11-,16-/m0/s1. The Kier molecular flexibility index (Phi) is 3.41. The van der Waals surface area contributed by atoms with Crippen molar-refractivity contribution in [2.45, 2.75) is 38.8 Å². The Labute approximate surface area is 134 Å². The fourth-order valence-electron chi connectivity index (χ4n) is 3.53. The average molecular weight is 312 g/mol. The summed E-state index contributed by atoms with van der Waals surface area (Å²) >= 11 is 1.79. The van der Waals surface area contributed by atoms with Crippen molar-refractivity contribution < 1.29 is 4.79 Å². The molecule has 1 aromatic carbocycles. The van der Waals surface area contributed by atoms with Gasteiger partial charge in [0.1, 0.15) is 11.2 Å². The Bertz CT molecular complexity index is 707. The van der Waals surface area contributed by atoms with Crippen LogP contribution in [-0.2, 0) is 12.8 Å². The maximum Gasteiger partial charge on any atom is 0.256 e. The second-order valence-electron chi connectivity index (χ2n) is 6.19. The molecule has 0 saturated heterocycles. The molecule has 1 aromatic heterocycles. The summed E-state index contributed by atoms with van der Waals surface area (Å²) in [6, 6.07) is 10.1. The number of fused-ring (bicyclic) bond motifs is 3. The predicted octanol–water partition coefficient (Wildman–Crippen LogP) is 4.12. The fraction of sp³-hybridized carbons (Fsp3) is 0.389.